The van der Waals surface area contributed by atoms with Crippen molar-refractivity contribution >= 4 is 11.3 Å². The number of nitrogens with one attached hydrogen (secondary N) is 1. The van der Waals surface area contributed by atoms with Crippen LogP contribution in [0, 0.1) is 5.41 Å². The summed E-state index contributed by atoms with van der Waals surface area (Å²) in [6.07, 6.45) is 2.74. The van der Waals surface area contributed by atoms with Gasteiger partial charge in [0, 0.05) is 24.6 Å². The molecule has 1 fully saturated rings. The summed E-state index contributed by atoms with van der Waals surface area (Å²) in [5.74, 6) is 0. The van der Waals surface area contributed by atoms with Crippen LogP contribution in [0.3, 0.4) is 0 Å². The quantitative estimate of drug-likeness (QED) is 0.857. The molecule has 1 atom stereocenters. The predicted molar refractivity (Wildman–Crippen MR) is 75.8 cm³/mol. The molecule has 1 saturated carbocycles. The zero-order valence-corrected chi connectivity index (χ0v) is 12.6. The molecule has 0 saturated heterocycles. The van der Waals surface area contributed by atoms with Crippen LogP contribution in [0.2, 0.25) is 0 Å². The molecule has 102 valence electrons. The Morgan fingerprint density at radius 2 is 2.22 bits per heavy atom. The summed E-state index contributed by atoms with van der Waals surface area (Å²) >= 11 is 1.72. The number of ether oxygens (including phenoxy) is 1. The third-order valence-electron chi connectivity index (χ3n) is 3.06. The second-order valence-corrected chi connectivity index (χ2v) is 6.92. The molecule has 4 heteroatoms. The molecule has 2 rings (SSSR count). The van der Waals surface area contributed by atoms with Crippen LogP contribution in [-0.4, -0.2) is 17.6 Å². The van der Waals surface area contributed by atoms with Crippen LogP contribution in [0.4, 0.5) is 0 Å². The van der Waals surface area contributed by atoms with Gasteiger partial charge in [-0.05, 0) is 25.2 Å². The van der Waals surface area contributed by atoms with Crippen molar-refractivity contribution in [2.24, 2.45) is 5.41 Å². The second-order valence-electron chi connectivity index (χ2n) is 6.03. The minimum Gasteiger partial charge on any atom is -0.371 e. The van der Waals surface area contributed by atoms with Crippen LogP contribution < -0.4 is 5.32 Å². The molecule has 0 amide bonds. The highest BCUT2D eigenvalue weighted by Gasteiger charge is 2.29. The molecule has 1 unspecified atom stereocenters. The average Bonchev–Trinajstić information content (AvgIpc) is 3.01. The Labute approximate surface area is 114 Å². The van der Waals surface area contributed by atoms with Gasteiger partial charge in [0.25, 0.3) is 0 Å². The van der Waals surface area contributed by atoms with Crippen LogP contribution in [0.5, 0.6) is 0 Å². The van der Waals surface area contributed by atoms with Crippen LogP contribution in [0.1, 0.15) is 57.3 Å². The Morgan fingerprint density at radius 3 is 2.78 bits per heavy atom. The van der Waals surface area contributed by atoms with Gasteiger partial charge in [0.05, 0.1) is 5.69 Å². The van der Waals surface area contributed by atoms with Crippen molar-refractivity contribution in [2.45, 2.75) is 59.2 Å². The first kappa shape index (κ1) is 14.0. The average molecular weight is 268 g/mol. The highest BCUT2D eigenvalue weighted by molar-refractivity contribution is 7.09. The van der Waals surface area contributed by atoms with Crippen molar-refractivity contribution in [2.75, 3.05) is 6.61 Å². The fraction of sp³-hybridized carbons (Fsp3) is 0.786. The summed E-state index contributed by atoms with van der Waals surface area (Å²) < 4.78 is 5.87. The van der Waals surface area contributed by atoms with Gasteiger partial charge in [0.2, 0.25) is 0 Å². The van der Waals surface area contributed by atoms with E-state index >= 15 is 0 Å². The molecule has 0 aromatic carbocycles. The van der Waals surface area contributed by atoms with Crippen LogP contribution in [-0.2, 0) is 11.3 Å². The number of rotatable bonds is 6. The Balaban J connectivity index is 2.00. The Morgan fingerprint density at radius 1 is 1.50 bits per heavy atom. The van der Waals surface area contributed by atoms with Crippen molar-refractivity contribution in [3.63, 3.8) is 0 Å². The van der Waals surface area contributed by atoms with E-state index in [-0.39, 0.29) is 11.5 Å². The molecule has 0 radical (unpaired) electrons. The van der Waals surface area contributed by atoms with E-state index < -0.39 is 0 Å². The highest BCUT2D eigenvalue weighted by atomic mass is 32.1. The lowest BCUT2D eigenvalue weighted by Crippen LogP contribution is -2.21. The first-order valence-electron chi connectivity index (χ1n) is 6.80. The molecule has 0 aliphatic heterocycles. The maximum absolute atomic E-state index is 5.87. The van der Waals surface area contributed by atoms with Gasteiger partial charge in [-0.15, -0.1) is 11.3 Å². The minimum atomic E-state index is 0.0923. The van der Waals surface area contributed by atoms with Crippen LogP contribution >= 0.6 is 11.3 Å². The molecule has 1 aliphatic rings. The van der Waals surface area contributed by atoms with Crippen molar-refractivity contribution in [1.29, 1.82) is 0 Å². The summed E-state index contributed by atoms with van der Waals surface area (Å²) in [6.45, 7) is 10.3. The first-order valence-corrected chi connectivity index (χ1v) is 7.68. The fourth-order valence-corrected chi connectivity index (χ4v) is 3.03. The molecule has 1 heterocycles. The molecule has 1 N–H and O–H groups in total. The zero-order valence-electron chi connectivity index (χ0n) is 11.8. The van der Waals surface area contributed by atoms with E-state index in [9.17, 15) is 0 Å². The molecule has 1 aromatic heterocycles. The standard InChI is InChI=1S/C14H24N2OS/c1-5-17-12(14(2,3)4)13-16-11(9-18-13)8-15-10-6-7-10/h9-10,12,15H,5-8H2,1-4H3. The van der Waals surface area contributed by atoms with Gasteiger partial charge in [-0.3, -0.25) is 0 Å². The number of thiazole rings is 1. The molecule has 0 bridgehead atoms. The van der Waals surface area contributed by atoms with Crippen LogP contribution in [0.25, 0.3) is 0 Å². The van der Waals surface area contributed by atoms with Crippen molar-refractivity contribution in [3.8, 4) is 0 Å². The monoisotopic (exact) mass is 268 g/mol. The number of hydrogen-bond donors (Lipinski definition) is 1. The molecule has 3 nitrogen and oxygen atoms in total. The molecule has 1 aliphatic carbocycles. The van der Waals surface area contributed by atoms with E-state index in [1.54, 1.807) is 11.3 Å². The summed E-state index contributed by atoms with van der Waals surface area (Å²) in [5.41, 5.74) is 1.24. The Hall–Kier alpha value is -0.450. The van der Waals surface area contributed by atoms with Gasteiger partial charge < -0.3 is 10.1 Å². The summed E-state index contributed by atoms with van der Waals surface area (Å²) in [5, 5.41) is 6.76. The normalized spacial score (nSPS) is 18.0. The van der Waals surface area contributed by atoms with Gasteiger partial charge in [-0.1, -0.05) is 20.8 Å². The SMILES string of the molecule is CCOC(c1nc(CNC2CC2)cs1)C(C)(C)C. The lowest BCUT2D eigenvalue weighted by atomic mass is 9.89. The maximum atomic E-state index is 5.87. The van der Waals surface area contributed by atoms with Crippen molar-refractivity contribution in [1.82, 2.24) is 10.3 Å². The van der Waals surface area contributed by atoms with Gasteiger partial charge in [-0.25, -0.2) is 4.98 Å². The number of hydrogen-bond acceptors (Lipinski definition) is 4. The Kier molecular flexibility index (Phi) is 4.41. The van der Waals surface area contributed by atoms with E-state index in [4.69, 9.17) is 9.72 Å². The van der Waals surface area contributed by atoms with Crippen LogP contribution in [0.15, 0.2) is 5.38 Å². The highest BCUT2D eigenvalue weighted by Crippen LogP contribution is 2.37. The van der Waals surface area contributed by atoms with E-state index in [0.717, 1.165) is 29.9 Å². The smallest absolute Gasteiger partial charge is 0.122 e. The van der Waals surface area contributed by atoms with E-state index in [1.807, 2.05) is 6.92 Å². The van der Waals surface area contributed by atoms with E-state index in [0.29, 0.717) is 0 Å². The van der Waals surface area contributed by atoms with Gasteiger partial charge in [0.15, 0.2) is 0 Å². The lowest BCUT2D eigenvalue weighted by molar-refractivity contribution is -0.0134. The molecular formula is C14H24N2OS. The minimum absolute atomic E-state index is 0.0923. The van der Waals surface area contributed by atoms with Crippen molar-refractivity contribution in [3.05, 3.63) is 16.1 Å². The van der Waals surface area contributed by atoms with E-state index in [1.165, 1.54) is 12.8 Å². The zero-order chi connectivity index (χ0) is 13.2. The molecular weight excluding hydrogens is 244 g/mol. The van der Waals surface area contributed by atoms with Gasteiger partial charge in [-0.2, -0.15) is 0 Å². The van der Waals surface area contributed by atoms with E-state index in [2.05, 4.69) is 31.5 Å². The summed E-state index contributed by atoms with van der Waals surface area (Å²) in [4.78, 5) is 4.73. The molecule has 18 heavy (non-hydrogen) atoms. The first-order chi connectivity index (χ1) is 8.50. The topological polar surface area (TPSA) is 34.1 Å². The summed E-state index contributed by atoms with van der Waals surface area (Å²) in [7, 11) is 0. The fourth-order valence-electron chi connectivity index (χ4n) is 1.92. The number of nitrogens with zero attached hydrogens (tertiary/aromatic N) is 1. The van der Waals surface area contributed by atoms with Crippen molar-refractivity contribution < 1.29 is 4.74 Å². The molecule has 1 aromatic rings. The maximum Gasteiger partial charge on any atom is 0.122 e. The van der Waals surface area contributed by atoms with Gasteiger partial charge in [0.1, 0.15) is 11.1 Å². The largest absolute Gasteiger partial charge is 0.371 e. The third kappa shape index (κ3) is 3.77. The number of aromatic nitrogens is 1. The third-order valence-corrected chi connectivity index (χ3v) is 4.00. The summed E-state index contributed by atoms with van der Waals surface area (Å²) in [6, 6.07) is 0.737. The second kappa shape index (κ2) is 5.68. The predicted octanol–water partition coefficient (Wildman–Crippen LogP) is 3.52. The lowest BCUT2D eigenvalue weighted by Gasteiger charge is -2.28. The Bertz CT molecular complexity index is 379. The van der Waals surface area contributed by atoms with Gasteiger partial charge >= 0.3 is 0 Å². The molecule has 0 spiro atoms.